The quantitative estimate of drug-likeness (QED) is 0.664. The van der Waals surface area contributed by atoms with Gasteiger partial charge < -0.3 is 4.74 Å². The molecule has 0 fully saturated rings. The van der Waals surface area contributed by atoms with Crippen molar-refractivity contribution in [1.29, 1.82) is 0 Å². The predicted molar refractivity (Wildman–Crippen MR) is 118 cm³/mol. The average molecular weight is 452 g/mol. The Hall–Kier alpha value is -2.59. The first-order chi connectivity index (χ1) is 14.2. The molecule has 0 saturated heterocycles. The van der Waals surface area contributed by atoms with Gasteiger partial charge in [0, 0.05) is 12.1 Å². The van der Waals surface area contributed by atoms with Gasteiger partial charge >= 0.3 is 0 Å². The molecule has 0 amide bonds. The zero-order chi connectivity index (χ0) is 21.9. The van der Waals surface area contributed by atoms with E-state index >= 15 is 0 Å². The molecule has 8 nitrogen and oxygen atoms in total. The molecule has 3 rings (SSSR count). The Morgan fingerprint density at radius 1 is 1.00 bits per heavy atom. The second kappa shape index (κ2) is 8.65. The monoisotopic (exact) mass is 451 g/mol. The van der Waals surface area contributed by atoms with Crippen LogP contribution in [0.3, 0.4) is 0 Å². The molecule has 1 aliphatic rings. The fourth-order valence-electron chi connectivity index (χ4n) is 3.11. The van der Waals surface area contributed by atoms with Crippen molar-refractivity contribution in [3.63, 3.8) is 0 Å². The Balaban J connectivity index is 1.90. The minimum atomic E-state index is -3.56. The zero-order valence-corrected chi connectivity index (χ0v) is 18.7. The summed E-state index contributed by atoms with van der Waals surface area (Å²) in [6.07, 6.45) is 0.408. The third-order valence-electron chi connectivity index (χ3n) is 4.89. The first-order valence-corrected chi connectivity index (χ1v) is 12.8. The van der Waals surface area contributed by atoms with Crippen molar-refractivity contribution in [1.82, 2.24) is 4.41 Å². The first-order valence-electron chi connectivity index (χ1n) is 9.53. The van der Waals surface area contributed by atoms with E-state index in [0.717, 1.165) is 11.1 Å². The third kappa shape index (κ3) is 4.76. The van der Waals surface area contributed by atoms with Crippen LogP contribution in [-0.4, -0.2) is 45.6 Å². The van der Waals surface area contributed by atoms with Crippen LogP contribution < -0.4 is 9.46 Å². The fourth-order valence-corrected chi connectivity index (χ4v) is 4.82. The molecular weight excluding hydrogens is 426 g/mol. The second-order valence-corrected chi connectivity index (χ2v) is 10.9. The van der Waals surface area contributed by atoms with E-state index in [0.29, 0.717) is 23.6 Å². The molecule has 1 heterocycles. The number of hydrogen-bond acceptors (Lipinski definition) is 6. The van der Waals surface area contributed by atoms with E-state index in [1.54, 1.807) is 57.4 Å². The Morgan fingerprint density at radius 2 is 1.63 bits per heavy atom. The van der Waals surface area contributed by atoms with Crippen LogP contribution in [0.2, 0.25) is 0 Å². The van der Waals surface area contributed by atoms with E-state index in [2.05, 4.69) is 9.82 Å². The fraction of sp³-hybridized carbons (Fsp3) is 0.350. The maximum Gasteiger partial charge on any atom is 0.250 e. The molecule has 10 heteroatoms. The number of hydrazone groups is 1. The highest BCUT2D eigenvalue weighted by Gasteiger charge is 2.35. The van der Waals surface area contributed by atoms with Crippen molar-refractivity contribution in [2.45, 2.75) is 26.3 Å². The van der Waals surface area contributed by atoms with Crippen LogP contribution in [0.1, 0.15) is 37.4 Å². The highest BCUT2D eigenvalue weighted by Crippen LogP contribution is 2.35. The van der Waals surface area contributed by atoms with Crippen molar-refractivity contribution >= 4 is 31.4 Å². The van der Waals surface area contributed by atoms with Crippen LogP contribution in [0.4, 0.5) is 5.69 Å². The van der Waals surface area contributed by atoms with Gasteiger partial charge in [-0.2, -0.15) is 9.52 Å². The summed E-state index contributed by atoms with van der Waals surface area (Å²) in [5.41, 5.74) is 2.63. The van der Waals surface area contributed by atoms with Crippen molar-refractivity contribution in [2.24, 2.45) is 5.10 Å². The maximum absolute atomic E-state index is 12.6. The number of hydrogen-bond donors (Lipinski definition) is 1. The summed E-state index contributed by atoms with van der Waals surface area (Å²) in [5, 5.41) is 4.41. The van der Waals surface area contributed by atoms with Crippen LogP contribution in [0.25, 0.3) is 0 Å². The normalized spacial score (nSPS) is 17.0. The molecule has 0 spiro atoms. The summed E-state index contributed by atoms with van der Waals surface area (Å²) < 4.78 is 57.6. The van der Waals surface area contributed by atoms with E-state index in [1.807, 2.05) is 12.1 Å². The molecule has 162 valence electrons. The molecule has 0 radical (unpaired) electrons. The van der Waals surface area contributed by atoms with Crippen molar-refractivity contribution in [2.75, 3.05) is 23.3 Å². The number of ether oxygens (including phenoxy) is 1. The van der Waals surface area contributed by atoms with Gasteiger partial charge in [0.2, 0.25) is 20.0 Å². The largest absolute Gasteiger partial charge is 0.497 e. The van der Waals surface area contributed by atoms with Crippen LogP contribution in [-0.2, 0) is 20.0 Å². The van der Waals surface area contributed by atoms with Gasteiger partial charge in [0.25, 0.3) is 0 Å². The number of anilines is 1. The summed E-state index contributed by atoms with van der Waals surface area (Å²) in [7, 11) is -5.36. The van der Waals surface area contributed by atoms with E-state index in [4.69, 9.17) is 4.74 Å². The lowest BCUT2D eigenvalue weighted by Crippen LogP contribution is -2.28. The molecule has 30 heavy (non-hydrogen) atoms. The van der Waals surface area contributed by atoms with E-state index in [9.17, 15) is 16.8 Å². The zero-order valence-electron chi connectivity index (χ0n) is 17.1. The summed E-state index contributed by atoms with van der Waals surface area (Å²) in [6.45, 7) is 3.15. The van der Waals surface area contributed by atoms with Crippen molar-refractivity contribution < 1.29 is 21.6 Å². The Bertz CT molecular complexity index is 1130. The van der Waals surface area contributed by atoms with Crippen LogP contribution in [0, 0.1) is 0 Å². The third-order valence-corrected chi connectivity index (χ3v) is 7.84. The summed E-state index contributed by atoms with van der Waals surface area (Å²) >= 11 is 0. The number of nitrogens with zero attached hydrogens (tertiary/aromatic N) is 2. The van der Waals surface area contributed by atoms with Gasteiger partial charge in [-0.1, -0.05) is 24.3 Å². The molecule has 0 aliphatic carbocycles. The van der Waals surface area contributed by atoms with E-state index < -0.39 is 26.1 Å². The first kappa shape index (κ1) is 22.1. The maximum atomic E-state index is 12.6. The molecular formula is C20H25N3O5S2. The molecule has 2 aromatic carbocycles. The van der Waals surface area contributed by atoms with Gasteiger partial charge in [-0.05, 0) is 49.2 Å². The van der Waals surface area contributed by atoms with E-state index in [-0.39, 0.29) is 11.5 Å². The standard InChI is InChI=1S/C20H25N3O5S2/c1-4-29(24,25)22-17-10-6-15(7-11-17)19-14-20(23(21-19)30(26,27)5-2)16-8-12-18(28-3)13-9-16/h6-13,20,22H,4-5,14H2,1-3H3/t20-/m1/s1. The summed E-state index contributed by atoms with van der Waals surface area (Å²) in [6, 6.07) is 13.6. The highest BCUT2D eigenvalue weighted by molar-refractivity contribution is 7.92. The van der Waals surface area contributed by atoms with Gasteiger partial charge in [0.1, 0.15) is 5.75 Å². The van der Waals surface area contributed by atoms with Crippen LogP contribution in [0.15, 0.2) is 53.6 Å². The van der Waals surface area contributed by atoms with Crippen LogP contribution >= 0.6 is 0 Å². The van der Waals surface area contributed by atoms with Gasteiger partial charge in [0.15, 0.2) is 0 Å². The summed E-state index contributed by atoms with van der Waals surface area (Å²) in [5.74, 6) is 0.608. The molecule has 1 N–H and O–H groups in total. The lowest BCUT2D eigenvalue weighted by atomic mass is 9.99. The molecule has 0 unspecified atom stereocenters. The highest BCUT2D eigenvalue weighted by atomic mass is 32.2. The Kier molecular flexibility index (Phi) is 6.37. The molecule has 0 aromatic heterocycles. The Labute approximate surface area is 177 Å². The molecule has 2 aromatic rings. The van der Waals surface area contributed by atoms with Crippen molar-refractivity contribution in [3.05, 3.63) is 59.7 Å². The minimum Gasteiger partial charge on any atom is -0.497 e. The number of benzene rings is 2. The van der Waals surface area contributed by atoms with E-state index in [1.165, 1.54) is 4.41 Å². The molecule has 0 saturated carbocycles. The number of rotatable bonds is 8. The predicted octanol–water partition coefficient (Wildman–Crippen LogP) is 2.96. The number of sulfonamides is 2. The Morgan fingerprint density at radius 3 is 2.17 bits per heavy atom. The smallest absolute Gasteiger partial charge is 0.250 e. The van der Waals surface area contributed by atoms with Gasteiger partial charge in [-0.3, -0.25) is 4.72 Å². The molecule has 0 bridgehead atoms. The number of nitrogens with one attached hydrogen (secondary N) is 1. The lowest BCUT2D eigenvalue weighted by molar-refractivity contribution is 0.371. The SMILES string of the molecule is CCS(=O)(=O)Nc1ccc(C2=NN(S(=O)(=O)CC)[C@@H](c3ccc(OC)cc3)C2)cc1. The molecule has 1 atom stereocenters. The van der Waals surface area contributed by atoms with Crippen molar-refractivity contribution in [3.8, 4) is 5.75 Å². The topological polar surface area (TPSA) is 105 Å². The second-order valence-electron chi connectivity index (χ2n) is 6.80. The van der Waals surface area contributed by atoms with Crippen LogP contribution in [0.5, 0.6) is 5.75 Å². The lowest BCUT2D eigenvalue weighted by Gasteiger charge is -2.22. The van der Waals surface area contributed by atoms with Gasteiger partial charge in [0.05, 0.1) is 30.4 Å². The summed E-state index contributed by atoms with van der Waals surface area (Å²) in [4.78, 5) is 0. The van der Waals surface area contributed by atoms with Gasteiger partial charge in [-0.25, -0.2) is 16.8 Å². The van der Waals surface area contributed by atoms with Gasteiger partial charge in [-0.15, -0.1) is 0 Å². The minimum absolute atomic E-state index is 0.0190. The number of methoxy groups -OCH3 is 1. The molecule has 1 aliphatic heterocycles. The average Bonchev–Trinajstić information content (AvgIpc) is 3.20.